The summed E-state index contributed by atoms with van der Waals surface area (Å²) in [4.78, 5) is 25.1. The van der Waals surface area contributed by atoms with Crippen LogP contribution >= 0.6 is 0 Å². The average Bonchev–Trinajstić information content (AvgIpc) is 2.52. The van der Waals surface area contributed by atoms with Crippen LogP contribution in [0, 0.1) is 0 Å². The Kier molecular flexibility index (Phi) is 7.22. The Morgan fingerprint density at radius 1 is 0.952 bits per heavy atom. The molecule has 5 heteroatoms. The molecule has 0 saturated carbocycles. The lowest BCUT2D eigenvalue weighted by Crippen LogP contribution is -2.53. The van der Waals surface area contributed by atoms with Crippen molar-refractivity contribution in [2.45, 2.75) is 26.6 Å². The van der Waals surface area contributed by atoms with Crippen molar-refractivity contribution in [3.63, 3.8) is 0 Å². The van der Waals surface area contributed by atoms with E-state index in [-0.39, 0.29) is 19.8 Å². The summed E-state index contributed by atoms with van der Waals surface area (Å²) in [6.45, 7) is 5.69. The van der Waals surface area contributed by atoms with Gasteiger partial charge in [-0.1, -0.05) is 30.3 Å². The van der Waals surface area contributed by atoms with E-state index >= 15 is 0 Å². The molecule has 0 aliphatic heterocycles. The first kappa shape index (κ1) is 17.5. The first-order valence-electron chi connectivity index (χ1n) is 7.11. The van der Waals surface area contributed by atoms with Gasteiger partial charge >= 0.3 is 0 Å². The minimum Gasteiger partial charge on any atom is -0.374 e. The van der Waals surface area contributed by atoms with Gasteiger partial charge in [-0.3, -0.25) is 9.59 Å². The van der Waals surface area contributed by atoms with E-state index in [4.69, 9.17) is 14.2 Å². The van der Waals surface area contributed by atoms with Crippen LogP contribution in [0.4, 0.5) is 0 Å². The van der Waals surface area contributed by atoms with Gasteiger partial charge in [-0.25, -0.2) is 0 Å². The highest BCUT2D eigenvalue weighted by Crippen LogP contribution is 2.22. The molecule has 0 amide bonds. The fourth-order valence-electron chi connectivity index (χ4n) is 1.94. The summed E-state index contributed by atoms with van der Waals surface area (Å²) in [5.74, 6) is -2.96. The molecular weight excluding hydrogens is 272 g/mol. The van der Waals surface area contributed by atoms with Gasteiger partial charge in [0.05, 0.1) is 0 Å². The lowest BCUT2D eigenvalue weighted by Gasteiger charge is -2.30. The van der Waals surface area contributed by atoms with Gasteiger partial charge in [-0.15, -0.1) is 0 Å². The van der Waals surface area contributed by atoms with Crippen LogP contribution in [0.25, 0.3) is 0 Å². The highest BCUT2D eigenvalue weighted by Gasteiger charge is 2.48. The smallest absolute Gasteiger partial charge is 0.297 e. The molecule has 5 nitrogen and oxygen atoms in total. The van der Waals surface area contributed by atoms with Gasteiger partial charge in [0.1, 0.15) is 6.61 Å². The van der Waals surface area contributed by atoms with Gasteiger partial charge in [0.15, 0.2) is 0 Å². The van der Waals surface area contributed by atoms with Gasteiger partial charge in [-0.2, -0.15) is 0 Å². The molecule has 21 heavy (non-hydrogen) atoms. The van der Waals surface area contributed by atoms with Crippen molar-refractivity contribution in [3.05, 3.63) is 35.9 Å². The third kappa shape index (κ3) is 4.20. The molecule has 116 valence electrons. The van der Waals surface area contributed by atoms with Gasteiger partial charge in [0, 0.05) is 25.4 Å². The lowest BCUT2D eigenvalue weighted by molar-refractivity contribution is -0.203. The number of ketones is 2. The van der Waals surface area contributed by atoms with Crippen LogP contribution in [-0.2, 0) is 19.0 Å². The number of rotatable bonds is 10. The van der Waals surface area contributed by atoms with Gasteiger partial charge in [0.25, 0.3) is 5.79 Å². The summed E-state index contributed by atoms with van der Waals surface area (Å²) in [5, 5.41) is 0. The maximum Gasteiger partial charge on any atom is 0.297 e. The van der Waals surface area contributed by atoms with Crippen LogP contribution in [0.5, 0.6) is 0 Å². The molecule has 0 heterocycles. The zero-order valence-electron chi connectivity index (χ0n) is 12.8. The van der Waals surface area contributed by atoms with Crippen molar-refractivity contribution < 1.29 is 23.8 Å². The molecule has 0 aliphatic carbocycles. The zero-order valence-corrected chi connectivity index (χ0v) is 12.8. The standard InChI is InChI=1S/C16H22O5/c1-4-19-12-14(17)16(20-5-2,21-6-3)15(18)13-10-8-7-9-11-13/h7-11H,4-6,12H2,1-3H3. The number of carbonyl (C=O) groups excluding carboxylic acids is 2. The Hall–Kier alpha value is -1.56. The van der Waals surface area contributed by atoms with E-state index in [1.807, 2.05) is 0 Å². The molecule has 0 unspecified atom stereocenters. The van der Waals surface area contributed by atoms with E-state index in [1.54, 1.807) is 51.1 Å². The van der Waals surface area contributed by atoms with Gasteiger partial charge in [0.2, 0.25) is 11.6 Å². The average molecular weight is 294 g/mol. The summed E-state index contributed by atoms with van der Waals surface area (Å²) >= 11 is 0. The predicted octanol–water partition coefficient (Wildman–Crippen LogP) is 2.24. The van der Waals surface area contributed by atoms with Gasteiger partial charge in [-0.05, 0) is 20.8 Å². The lowest BCUT2D eigenvalue weighted by atomic mass is 9.99. The number of carbonyl (C=O) groups is 2. The second-order valence-electron chi connectivity index (χ2n) is 4.24. The molecule has 0 bridgehead atoms. The topological polar surface area (TPSA) is 61.8 Å². The van der Waals surface area contributed by atoms with Crippen molar-refractivity contribution in [1.29, 1.82) is 0 Å². The fourth-order valence-corrected chi connectivity index (χ4v) is 1.94. The number of hydrogen-bond acceptors (Lipinski definition) is 5. The number of Topliss-reactive ketones (excluding diaryl/α,β-unsaturated/α-hetero) is 2. The predicted molar refractivity (Wildman–Crippen MR) is 78.3 cm³/mol. The molecule has 1 aromatic rings. The molecule has 0 fully saturated rings. The Morgan fingerprint density at radius 3 is 2.00 bits per heavy atom. The second kappa shape index (κ2) is 8.67. The van der Waals surface area contributed by atoms with Crippen LogP contribution in [0.3, 0.4) is 0 Å². The Morgan fingerprint density at radius 2 is 1.52 bits per heavy atom. The van der Waals surface area contributed by atoms with Crippen molar-refractivity contribution in [1.82, 2.24) is 0 Å². The van der Waals surface area contributed by atoms with Crippen LogP contribution in [0.1, 0.15) is 31.1 Å². The minimum absolute atomic E-state index is 0.177. The normalized spacial score (nSPS) is 11.4. The van der Waals surface area contributed by atoms with Crippen molar-refractivity contribution in [2.24, 2.45) is 0 Å². The molecule has 0 N–H and O–H groups in total. The molecular formula is C16H22O5. The summed E-state index contributed by atoms with van der Waals surface area (Å²) in [7, 11) is 0. The fraction of sp³-hybridized carbons (Fsp3) is 0.500. The first-order valence-corrected chi connectivity index (χ1v) is 7.11. The molecule has 0 atom stereocenters. The second-order valence-corrected chi connectivity index (χ2v) is 4.24. The minimum atomic E-state index is -1.93. The van der Waals surface area contributed by atoms with Crippen molar-refractivity contribution >= 4 is 11.6 Å². The third-order valence-electron chi connectivity index (χ3n) is 2.83. The Bertz CT molecular complexity index is 449. The molecule has 1 rings (SSSR count). The van der Waals surface area contributed by atoms with Crippen molar-refractivity contribution in [2.75, 3.05) is 26.4 Å². The van der Waals surface area contributed by atoms with E-state index in [9.17, 15) is 9.59 Å². The Labute approximate surface area is 125 Å². The van der Waals surface area contributed by atoms with E-state index in [2.05, 4.69) is 0 Å². The molecule has 1 aromatic carbocycles. The molecule has 0 spiro atoms. The van der Waals surface area contributed by atoms with Crippen molar-refractivity contribution in [3.8, 4) is 0 Å². The number of benzene rings is 1. The highest BCUT2D eigenvalue weighted by molar-refractivity contribution is 6.16. The summed E-state index contributed by atoms with van der Waals surface area (Å²) in [6.07, 6.45) is 0. The maximum atomic E-state index is 12.7. The highest BCUT2D eigenvalue weighted by atomic mass is 16.7. The zero-order chi connectivity index (χ0) is 15.7. The monoisotopic (exact) mass is 294 g/mol. The van der Waals surface area contributed by atoms with E-state index < -0.39 is 17.4 Å². The van der Waals surface area contributed by atoms with Crippen LogP contribution in [-0.4, -0.2) is 43.8 Å². The molecule has 0 radical (unpaired) electrons. The molecule has 0 saturated heterocycles. The van der Waals surface area contributed by atoms with Crippen LogP contribution in [0.2, 0.25) is 0 Å². The molecule has 0 aliphatic rings. The van der Waals surface area contributed by atoms with Crippen LogP contribution in [0.15, 0.2) is 30.3 Å². The van der Waals surface area contributed by atoms with E-state index in [0.29, 0.717) is 12.2 Å². The summed E-state index contributed by atoms with van der Waals surface area (Å²) in [5.41, 5.74) is 0.365. The SMILES string of the molecule is CCOCC(=O)C(OCC)(OCC)C(=O)c1ccccc1. The first-order chi connectivity index (χ1) is 10.1. The maximum absolute atomic E-state index is 12.7. The van der Waals surface area contributed by atoms with E-state index in [0.717, 1.165) is 0 Å². The summed E-state index contributed by atoms with van der Waals surface area (Å²) in [6, 6.07) is 8.50. The molecule has 0 aromatic heterocycles. The third-order valence-corrected chi connectivity index (χ3v) is 2.83. The number of hydrogen-bond donors (Lipinski definition) is 0. The quantitative estimate of drug-likeness (QED) is 0.376. The summed E-state index contributed by atoms with van der Waals surface area (Å²) < 4.78 is 16.0. The Balaban J connectivity index is 3.15. The van der Waals surface area contributed by atoms with Gasteiger partial charge < -0.3 is 14.2 Å². The van der Waals surface area contributed by atoms with E-state index in [1.165, 1.54) is 0 Å². The van der Waals surface area contributed by atoms with Crippen LogP contribution < -0.4 is 0 Å². The number of ether oxygens (including phenoxy) is 3. The largest absolute Gasteiger partial charge is 0.374 e.